The first-order chi connectivity index (χ1) is 17.2. The summed E-state index contributed by atoms with van der Waals surface area (Å²) in [6.07, 6.45) is 6.86. The highest BCUT2D eigenvalue weighted by atomic mass is 16.7. The molecule has 5 rings (SSSR count). The molecule has 1 amide bonds. The first-order valence-corrected chi connectivity index (χ1v) is 13.2. The van der Waals surface area contributed by atoms with Crippen molar-refractivity contribution in [2.45, 2.75) is 51.9 Å². The van der Waals surface area contributed by atoms with E-state index in [9.17, 15) is 9.90 Å². The molecule has 3 heterocycles. The van der Waals surface area contributed by atoms with Crippen LogP contribution in [0, 0.1) is 17.8 Å². The molecule has 0 spiro atoms. The van der Waals surface area contributed by atoms with E-state index in [1.54, 1.807) is 0 Å². The molecular weight excluding hydrogens is 448 g/mol. The molecule has 0 radical (unpaired) electrons. The average Bonchev–Trinajstić information content (AvgIpc) is 3.30. The van der Waals surface area contributed by atoms with Crippen LogP contribution in [0.4, 0.5) is 0 Å². The van der Waals surface area contributed by atoms with E-state index in [0.717, 1.165) is 44.0 Å². The lowest BCUT2D eigenvalue weighted by Crippen LogP contribution is -2.50. The van der Waals surface area contributed by atoms with Crippen molar-refractivity contribution in [2.24, 2.45) is 17.8 Å². The van der Waals surface area contributed by atoms with Crippen LogP contribution in [0.15, 0.2) is 30.0 Å². The predicted molar refractivity (Wildman–Crippen MR) is 130 cm³/mol. The van der Waals surface area contributed by atoms with E-state index in [2.05, 4.69) is 17.0 Å². The molecule has 1 aromatic carbocycles. The van der Waals surface area contributed by atoms with E-state index in [4.69, 9.17) is 18.9 Å². The van der Waals surface area contributed by atoms with Gasteiger partial charge in [-0.1, -0.05) is 12.5 Å². The van der Waals surface area contributed by atoms with E-state index in [-0.39, 0.29) is 31.1 Å². The van der Waals surface area contributed by atoms with Crippen LogP contribution in [0.25, 0.3) is 0 Å². The van der Waals surface area contributed by atoms with Crippen molar-refractivity contribution in [3.05, 3.63) is 35.6 Å². The van der Waals surface area contributed by atoms with Crippen LogP contribution in [0.3, 0.4) is 0 Å². The Bertz CT molecular complexity index is 909. The Morgan fingerprint density at radius 3 is 2.66 bits per heavy atom. The van der Waals surface area contributed by atoms with Crippen LogP contribution in [0.2, 0.25) is 0 Å². The smallest absolute Gasteiger partial charge is 0.288 e. The van der Waals surface area contributed by atoms with Crippen molar-refractivity contribution in [2.75, 3.05) is 46.2 Å². The molecule has 192 valence electrons. The van der Waals surface area contributed by atoms with Crippen molar-refractivity contribution in [1.82, 2.24) is 9.80 Å². The van der Waals surface area contributed by atoms with Crippen molar-refractivity contribution < 1.29 is 28.8 Å². The Kier molecular flexibility index (Phi) is 7.80. The van der Waals surface area contributed by atoms with Gasteiger partial charge in [0.05, 0.1) is 0 Å². The molecular formula is C27H38N2O6. The quantitative estimate of drug-likeness (QED) is 0.574. The number of fused-ring (bicyclic) bond motifs is 1. The SMILES string of the molecule is CCO[C@H]1OC(C(=O)N2CCN(Cc3ccc4c(c3)OCO4)CC2)=C[C@@H](C2CCC2)[C@@H]1CCCO. The third-order valence-electron chi connectivity index (χ3n) is 7.87. The zero-order chi connectivity index (χ0) is 24.2. The van der Waals surface area contributed by atoms with Crippen LogP contribution in [-0.4, -0.2) is 73.3 Å². The van der Waals surface area contributed by atoms with Gasteiger partial charge in [-0.25, -0.2) is 0 Å². The molecule has 8 nitrogen and oxygen atoms in total. The van der Waals surface area contributed by atoms with Crippen molar-refractivity contribution in [1.29, 1.82) is 0 Å². The molecule has 3 aliphatic heterocycles. The Morgan fingerprint density at radius 1 is 1.14 bits per heavy atom. The van der Waals surface area contributed by atoms with Crippen LogP contribution >= 0.6 is 0 Å². The van der Waals surface area contributed by atoms with Gasteiger partial charge in [0.25, 0.3) is 5.91 Å². The van der Waals surface area contributed by atoms with Gasteiger partial charge in [-0.15, -0.1) is 0 Å². The standard InChI is InChI=1S/C27H38N2O6/c1-2-32-27-21(7-4-14-30)22(20-5-3-6-20)16-25(35-27)26(31)29-12-10-28(11-13-29)17-19-8-9-23-24(15-19)34-18-33-23/h8-9,15-16,20-22,27,30H,2-7,10-14,17-18H2,1H3/t21-,22-,27-/m0/s1. The van der Waals surface area contributed by atoms with Gasteiger partial charge in [0.1, 0.15) is 0 Å². The number of aliphatic hydroxyl groups is 1. The maximum Gasteiger partial charge on any atom is 0.288 e. The minimum absolute atomic E-state index is 0.0256. The first kappa shape index (κ1) is 24.4. The molecule has 2 fully saturated rings. The Balaban J connectivity index is 1.21. The number of rotatable bonds is 9. The fourth-order valence-electron chi connectivity index (χ4n) is 5.70. The highest BCUT2D eigenvalue weighted by Crippen LogP contribution is 2.45. The molecule has 0 unspecified atom stereocenters. The van der Waals surface area contributed by atoms with E-state index < -0.39 is 6.29 Å². The Morgan fingerprint density at radius 2 is 1.94 bits per heavy atom. The molecule has 35 heavy (non-hydrogen) atoms. The molecule has 8 heteroatoms. The molecule has 0 aromatic heterocycles. The average molecular weight is 487 g/mol. The van der Waals surface area contributed by atoms with Gasteiger partial charge >= 0.3 is 0 Å². The van der Waals surface area contributed by atoms with Gasteiger partial charge in [-0.3, -0.25) is 9.69 Å². The fourth-order valence-corrected chi connectivity index (χ4v) is 5.70. The summed E-state index contributed by atoms with van der Waals surface area (Å²) in [6.45, 7) is 6.74. The monoisotopic (exact) mass is 486 g/mol. The summed E-state index contributed by atoms with van der Waals surface area (Å²) in [6, 6.07) is 6.08. The van der Waals surface area contributed by atoms with Crippen molar-refractivity contribution in [3.63, 3.8) is 0 Å². The highest BCUT2D eigenvalue weighted by molar-refractivity contribution is 5.91. The van der Waals surface area contributed by atoms with Crippen molar-refractivity contribution >= 4 is 5.91 Å². The summed E-state index contributed by atoms with van der Waals surface area (Å²) in [4.78, 5) is 17.8. The first-order valence-electron chi connectivity index (χ1n) is 13.2. The third kappa shape index (κ3) is 5.44. The predicted octanol–water partition coefficient (Wildman–Crippen LogP) is 3.14. The fraction of sp³-hybridized carbons (Fsp3) is 0.667. The largest absolute Gasteiger partial charge is 0.459 e. The molecule has 1 aliphatic carbocycles. The normalized spacial score (nSPS) is 26.7. The van der Waals surface area contributed by atoms with Crippen LogP contribution in [0.5, 0.6) is 11.5 Å². The number of carbonyl (C=O) groups excluding carboxylic acids is 1. The summed E-state index contributed by atoms with van der Waals surface area (Å²) >= 11 is 0. The summed E-state index contributed by atoms with van der Waals surface area (Å²) in [5, 5.41) is 9.40. The summed E-state index contributed by atoms with van der Waals surface area (Å²) in [7, 11) is 0. The van der Waals surface area contributed by atoms with Gasteiger partial charge in [0, 0.05) is 51.9 Å². The second kappa shape index (κ2) is 11.2. The van der Waals surface area contributed by atoms with Crippen LogP contribution < -0.4 is 9.47 Å². The minimum Gasteiger partial charge on any atom is -0.459 e. The highest BCUT2D eigenvalue weighted by Gasteiger charge is 2.42. The van der Waals surface area contributed by atoms with Gasteiger partial charge in [-0.05, 0) is 68.2 Å². The summed E-state index contributed by atoms with van der Waals surface area (Å²) in [5.74, 6) is 3.06. The zero-order valence-electron chi connectivity index (χ0n) is 20.7. The number of nitrogens with zero attached hydrogens (tertiary/aromatic N) is 2. The van der Waals surface area contributed by atoms with Gasteiger partial charge < -0.3 is 29.0 Å². The maximum atomic E-state index is 13.5. The van der Waals surface area contributed by atoms with Crippen LogP contribution in [-0.2, 0) is 20.8 Å². The number of allylic oxidation sites excluding steroid dienone is 1. The number of ether oxygens (including phenoxy) is 4. The van der Waals surface area contributed by atoms with E-state index in [1.165, 1.54) is 24.8 Å². The number of hydrogen-bond acceptors (Lipinski definition) is 7. The number of amides is 1. The second-order valence-electron chi connectivity index (χ2n) is 10.0. The molecule has 1 N–H and O–H groups in total. The van der Waals surface area contributed by atoms with Gasteiger partial charge in [0.15, 0.2) is 17.3 Å². The van der Waals surface area contributed by atoms with Crippen molar-refractivity contribution in [3.8, 4) is 11.5 Å². The lowest BCUT2D eigenvalue weighted by molar-refractivity contribution is -0.181. The number of hydrogen-bond donors (Lipinski definition) is 1. The van der Waals surface area contributed by atoms with Gasteiger partial charge in [-0.2, -0.15) is 0 Å². The third-order valence-corrected chi connectivity index (χ3v) is 7.87. The molecule has 3 atom stereocenters. The molecule has 1 saturated carbocycles. The summed E-state index contributed by atoms with van der Waals surface area (Å²) in [5.41, 5.74) is 1.18. The van der Waals surface area contributed by atoms with Gasteiger partial charge in [0.2, 0.25) is 13.1 Å². The Labute approximate surface area is 207 Å². The van der Waals surface area contributed by atoms with E-state index >= 15 is 0 Å². The molecule has 1 saturated heterocycles. The topological polar surface area (TPSA) is 80.7 Å². The number of carbonyl (C=O) groups is 1. The molecule has 1 aromatic rings. The Hall–Kier alpha value is -2.29. The summed E-state index contributed by atoms with van der Waals surface area (Å²) < 4.78 is 23.1. The number of benzene rings is 1. The molecule has 0 bridgehead atoms. The van der Waals surface area contributed by atoms with Crippen LogP contribution in [0.1, 0.15) is 44.6 Å². The molecule has 4 aliphatic rings. The lowest BCUT2D eigenvalue weighted by atomic mass is 9.68. The number of aliphatic hydroxyl groups excluding tert-OH is 1. The minimum atomic E-state index is -0.423. The maximum absolute atomic E-state index is 13.5. The lowest BCUT2D eigenvalue weighted by Gasteiger charge is -2.44. The second-order valence-corrected chi connectivity index (χ2v) is 10.0. The number of piperazine rings is 1. The zero-order valence-corrected chi connectivity index (χ0v) is 20.7. The van der Waals surface area contributed by atoms with E-state index in [0.29, 0.717) is 31.4 Å². The van der Waals surface area contributed by atoms with E-state index in [1.807, 2.05) is 24.0 Å².